The van der Waals surface area contributed by atoms with Crippen LogP contribution in [0, 0.1) is 0 Å². The van der Waals surface area contributed by atoms with Crippen molar-refractivity contribution >= 4 is 11.4 Å². The number of carbonyl (C=O) groups is 1. The van der Waals surface area contributed by atoms with Gasteiger partial charge in [0.2, 0.25) is 0 Å². The largest absolute Gasteiger partial charge is 0.352 e. The minimum atomic E-state index is -0.0485. The van der Waals surface area contributed by atoms with Gasteiger partial charge in [-0.05, 0) is 37.9 Å². The lowest BCUT2D eigenvalue weighted by atomic mass is 10.2. The van der Waals surface area contributed by atoms with Gasteiger partial charge in [-0.2, -0.15) is 5.10 Å². The SMILES string of the molecule is O=C(NCCCNC1CC1)c1cnn2ccccc12. The van der Waals surface area contributed by atoms with E-state index in [1.807, 2.05) is 24.4 Å². The normalized spacial score (nSPS) is 14.7. The first-order chi connectivity index (χ1) is 9.34. The minimum absolute atomic E-state index is 0.0485. The van der Waals surface area contributed by atoms with Gasteiger partial charge in [-0.1, -0.05) is 6.07 Å². The highest BCUT2D eigenvalue weighted by Crippen LogP contribution is 2.18. The maximum Gasteiger partial charge on any atom is 0.255 e. The molecule has 5 nitrogen and oxygen atoms in total. The lowest BCUT2D eigenvalue weighted by Crippen LogP contribution is -2.27. The Bertz CT molecular complexity index is 574. The van der Waals surface area contributed by atoms with Crippen LogP contribution in [-0.4, -0.2) is 34.7 Å². The molecule has 0 radical (unpaired) electrons. The van der Waals surface area contributed by atoms with Gasteiger partial charge in [0.25, 0.3) is 5.91 Å². The van der Waals surface area contributed by atoms with Gasteiger partial charge in [-0.15, -0.1) is 0 Å². The summed E-state index contributed by atoms with van der Waals surface area (Å²) in [5, 5.41) is 10.5. The van der Waals surface area contributed by atoms with Gasteiger partial charge in [0.15, 0.2) is 0 Å². The van der Waals surface area contributed by atoms with Gasteiger partial charge >= 0.3 is 0 Å². The molecule has 5 heteroatoms. The van der Waals surface area contributed by atoms with E-state index < -0.39 is 0 Å². The molecule has 100 valence electrons. The summed E-state index contributed by atoms with van der Waals surface area (Å²) in [5.41, 5.74) is 1.48. The first kappa shape index (κ1) is 12.2. The second-order valence-electron chi connectivity index (χ2n) is 4.93. The summed E-state index contributed by atoms with van der Waals surface area (Å²) in [6, 6.07) is 6.44. The van der Waals surface area contributed by atoms with E-state index in [1.54, 1.807) is 10.7 Å². The van der Waals surface area contributed by atoms with E-state index in [4.69, 9.17) is 0 Å². The highest BCUT2D eigenvalue weighted by molar-refractivity contribution is 6.00. The highest BCUT2D eigenvalue weighted by atomic mass is 16.1. The fourth-order valence-electron chi connectivity index (χ4n) is 2.09. The number of pyridine rings is 1. The summed E-state index contributed by atoms with van der Waals surface area (Å²) in [7, 11) is 0. The Balaban J connectivity index is 1.51. The molecule has 1 fully saturated rings. The number of hydrogen-bond donors (Lipinski definition) is 2. The smallest absolute Gasteiger partial charge is 0.255 e. The fraction of sp³-hybridized carbons (Fsp3) is 0.429. The molecule has 2 aromatic rings. The van der Waals surface area contributed by atoms with Gasteiger partial charge in [0, 0.05) is 18.8 Å². The molecule has 1 aliphatic rings. The molecule has 0 aromatic carbocycles. The monoisotopic (exact) mass is 258 g/mol. The molecule has 1 aliphatic carbocycles. The van der Waals surface area contributed by atoms with Crippen molar-refractivity contribution < 1.29 is 4.79 Å². The molecule has 0 spiro atoms. The van der Waals surface area contributed by atoms with Gasteiger partial charge in [-0.25, -0.2) is 4.52 Å². The fourth-order valence-corrected chi connectivity index (χ4v) is 2.09. The van der Waals surface area contributed by atoms with Crippen molar-refractivity contribution in [3.8, 4) is 0 Å². The van der Waals surface area contributed by atoms with Crippen LogP contribution in [0.4, 0.5) is 0 Å². The number of fused-ring (bicyclic) bond motifs is 1. The molecular formula is C14H18N4O. The number of carbonyl (C=O) groups excluding carboxylic acids is 1. The maximum absolute atomic E-state index is 12.0. The third-order valence-corrected chi connectivity index (χ3v) is 3.32. The second-order valence-corrected chi connectivity index (χ2v) is 4.93. The number of nitrogens with zero attached hydrogens (tertiary/aromatic N) is 2. The van der Waals surface area contributed by atoms with Gasteiger partial charge < -0.3 is 10.6 Å². The van der Waals surface area contributed by atoms with Crippen LogP contribution in [-0.2, 0) is 0 Å². The quantitative estimate of drug-likeness (QED) is 0.766. The van der Waals surface area contributed by atoms with Crippen molar-refractivity contribution in [3.05, 3.63) is 36.2 Å². The zero-order chi connectivity index (χ0) is 13.1. The van der Waals surface area contributed by atoms with Crippen LogP contribution in [0.2, 0.25) is 0 Å². The van der Waals surface area contributed by atoms with Crippen molar-refractivity contribution in [2.24, 2.45) is 0 Å². The van der Waals surface area contributed by atoms with Gasteiger partial charge in [-0.3, -0.25) is 4.79 Å². The summed E-state index contributed by atoms with van der Waals surface area (Å²) in [4.78, 5) is 12.0. The standard InChI is InChI=1S/C14H18N4O/c19-14(16-8-3-7-15-11-5-6-11)12-10-17-18-9-2-1-4-13(12)18/h1-2,4,9-11,15H,3,5-8H2,(H,16,19). The molecule has 0 bridgehead atoms. The Hall–Kier alpha value is -1.88. The Kier molecular flexibility index (Phi) is 3.46. The molecule has 3 rings (SSSR count). The van der Waals surface area contributed by atoms with Crippen molar-refractivity contribution in [2.45, 2.75) is 25.3 Å². The van der Waals surface area contributed by atoms with Gasteiger partial charge in [0.05, 0.1) is 17.3 Å². The predicted molar refractivity (Wildman–Crippen MR) is 73.2 cm³/mol. The lowest BCUT2D eigenvalue weighted by Gasteiger charge is -2.05. The predicted octanol–water partition coefficient (Wildman–Crippen LogP) is 1.21. The molecule has 1 saturated carbocycles. The number of nitrogens with one attached hydrogen (secondary N) is 2. The van der Waals surface area contributed by atoms with E-state index in [-0.39, 0.29) is 5.91 Å². The van der Waals surface area contributed by atoms with Crippen LogP contribution >= 0.6 is 0 Å². The molecule has 0 atom stereocenters. The Labute approximate surface area is 112 Å². The molecule has 0 saturated heterocycles. The lowest BCUT2D eigenvalue weighted by molar-refractivity contribution is 0.0955. The van der Waals surface area contributed by atoms with Crippen molar-refractivity contribution in [3.63, 3.8) is 0 Å². The summed E-state index contributed by atoms with van der Waals surface area (Å²) in [6.45, 7) is 1.67. The van der Waals surface area contributed by atoms with E-state index in [9.17, 15) is 4.79 Å². The van der Waals surface area contributed by atoms with Crippen molar-refractivity contribution in [2.75, 3.05) is 13.1 Å². The number of amides is 1. The average Bonchev–Trinajstić information content (AvgIpc) is 3.15. The third kappa shape index (κ3) is 2.93. The topological polar surface area (TPSA) is 58.4 Å². The third-order valence-electron chi connectivity index (χ3n) is 3.32. The first-order valence-electron chi connectivity index (χ1n) is 6.78. The van der Waals surface area contributed by atoms with Gasteiger partial charge in [0.1, 0.15) is 0 Å². The Morgan fingerprint density at radius 2 is 2.26 bits per heavy atom. The molecule has 0 unspecified atom stereocenters. The summed E-state index contributed by atoms with van der Waals surface area (Å²) >= 11 is 0. The van der Waals surface area contributed by atoms with Crippen molar-refractivity contribution in [1.29, 1.82) is 0 Å². The zero-order valence-corrected chi connectivity index (χ0v) is 10.8. The molecule has 2 N–H and O–H groups in total. The van der Waals surface area contributed by atoms with Crippen molar-refractivity contribution in [1.82, 2.24) is 20.2 Å². The summed E-state index contributed by atoms with van der Waals surface area (Å²) in [6.07, 6.45) is 7.02. The zero-order valence-electron chi connectivity index (χ0n) is 10.8. The second kappa shape index (κ2) is 5.40. The van der Waals surface area contributed by atoms with E-state index in [0.717, 1.165) is 24.5 Å². The highest BCUT2D eigenvalue weighted by Gasteiger charge is 2.19. The van der Waals surface area contributed by atoms with E-state index in [1.165, 1.54) is 12.8 Å². The molecule has 1 amide bonds. The molecule has 19 heavy (non-hydrogen) atoms. The van der Waals surface area contributed by atoms with E-state index in [2.05, 4.69) is 15.7 Å². The molecule has 2 aromatic heterocycles. The van der Waals surface area contributed by atoms with Crippen LogP contribution in [0.1, 0.15) is 29.6 Å². The summed E-state index contributed by atoms with van der Waals surface area (Å²) < 4.78 is 1.71. The number of aromatic nitrogens is 2. The average molecular weight is 258 g/mol. The molecular weight excluding hydrogens is 240 g/mol. The molecule has 2 heterocycles. The maximum atomic E-state index is 12.0. The van der Waals surface area contributed by atoms with Crippen LogP contribution < -0.4 is 10.6 Å². The first-order valence-corrected chi connectivity index (χ1v) is 6.78. The van der Waals surface area contributed by atoms with Crippen LogP contribution in [0.3, 0.4) is 0 Å². The Morgan fingerprint density at radius 1 is 1.37 bits per heavy atom. The van der Waals surface area contributed by atoms with E-state index >= 15 is 0 Å². The minimum Gasteiger partial charge on any atom is -0.352 e. The van der Waals surface area contributed by atoms with Crippen LogP contribution in [0.15, 0.2) is 30.6 Å². The van der Waals surface area contributed by atoms with E-state index in [0.29, 0.717) is 12.1 Å². The van der Waals surface area contributed by atoms with Crippen LogP contribution in [0.25, 0.3) is 5.52 Å². The molecule has 0 aliphatic heterocycles. The number of rotatable bonds is 6. The summed E-state index contributed by atoms with van der Waals surface area (Å²) in [5.74, 6) is -0.0485. The Morgan fingerprint density at radius 3 is 3.11 bits per heavy atom. The number of hydrogen-bond acceptors (Lipinski definition) is 3. The van der Waals surface area contributed by atoms with Crippen LogP contribution in [0.5, 0.6) is 0 Å².